The summed E-state index contributed by atoms with van der Waals surface area (Å²) in [5.41, 5.74) is 0.988. The van der Waals surface area contributed by atoms with Crippen molar-refractivity contribution >= 4 is 5.91 Å². The van der Waals surface area contributed by atoms with Crippen molar-refractivity contribution < 1.29 is 23.8 Å². The predicted molar refractivity (Wildman–Crippen MR) is 85.4 cm³/mol. The molecule has 0 aliphatic heterocycles. The van der Waals surface area contributed by atoms with Gasteiger partial charge in [-0.2, -0.15) is 0 Å². The lowest BCUT2D eigenvalue weighted by molar-refractivity contribution is -0.173. The highest BCUT2D eigenvalue weighted by molar-refractivity contribution is 5.79. The summed E-state index contributed by atoms with van der Waals surface area (Å²) in [4.78, 5) is 17.6. The number of methoxy groups -OCH3 is 2. The molecule has 0 N–H and O–H groups in total. The number of carbonyl (C=O) groups excluding carboxylic acids is 1. The van der Waals surface area contributed by atoms with Crippen molar-refractivity contribution in [3.8, 4) is 11.5 Å². The fourth-order valence-corrected chi connectivity index (χ4v) is 3.15. The third-order valence-corrected chi connectivity index (χ3v) is 4.37. The van der Waals surface area contributed by atoms with E-state index in [0.29, 0.717) is 0 Å². The van der Waals surface area contributed by atoms with E-state index in [2.05, 4.69) is 0 Å². The Labute approximate surface area is 137 Å². The lowest BCUT2D eigenvalue weighted by Gasteiger charge is -2.25. The van der Waals surface area contributed by atoms with Crippen LogP contribution in [0.25, 0.3) is 0 Å². The molecule has 1 aliphatic rings. The number of ether oxygens (including phenoxy) is 3. The van der Waals surface area contributed by atoms with Crippen LogP contribution >= 0.6 is 0 Å². The average molecular weight is 323 g/mol. The van der Waals surface area contributed by atoms with Gasteiger partial charge >= 0.3 is 0 Å². The third kappa shape index (κ3) is 3.95. The first-order valence-electron chi connectivity index (χ1n) is 7.73. The summed E-state index contributed by atoms with van der Waals surface area (Å²) in [5.74, 6) is 1.45. The van der Waals surface area contributed by atoms with Gasteiger partial charge in [0.05, 0.1) is 14.2 Å². The molecule has 1 aromatic rings. The van der Waals surface area contributed by atoms with Gasteiger partial charge < -0.3 is 14.2 Å². The lowest BCUT2D eigenvalue weighted by atomic mass is 9.87. The summed E-state index contributed by atoms with van der Waals surface area (Å²) < 4.78 is 16.0. The van der Waals surface area contributed by atoms with Gasteiger partial charge in [0.2, 0.25) is 5.91 Å². The fourth-order valence-electron chi connectivity index (χ4n) is 3.15. The first-order chi connectivity index (χ1) is 11.1. The topological polar surface area (TPSA) is 57.2 Å². The van der Waals surface area contributed by atoms with Gasteiger partial charge in [-0.05, 0) is 37.0 Å². The first kappa shape index (κ1) is 17.6. The fraction of sp³-hybridized carbons (Fsp3) is 0.588. The molecule has 6 nitrogen and oxygen atoms in total. The first-order valence-corrected chi connectivity index (χ1v) is 7.73. The van der Waals surface area contributed by atoms with E-state index >= 15 is 0 Å². The summed E-state index contributed by atoms with van der Waals surface area (Å²) in [7, 11) is 6.36. The zero-order valence-electron chi connectivity index (χ0n) is 14.2. The second-order valence-electron chi connectivity index (χ2n) is 5.62. The molecule has 128 valence electrons. The minimum atomic E-state index is -0.114. The van der Waals surface area contributed by atoms with Gasteiger partial charge in [0.1, 0.15) is 11.5 Å². The van der Waals surface area contributed by atoms with E-state index in [0.717, 1.165) is 36.3 Å². The summed E-state index contributed by atoms with van der Waals surface area (Å²) in [5, 5.41) is 1.30. The molecule has 1 amide bonds. The molecule has 2 rings (SSSR count). The van der Waals surface area contributed by atoms with E-state index in [4.69, 9.17) is 19.0 Å². The third-order valence-electron chi connectivity index (χ3n) is 4.37. The Kier molecular flexibility index (Phi) is 6.24. The van der Waals surface area contributed by atoms with E-state index in [1.54, 1.807) is 21.3 Å². The van der Waals surface area contributed by atoms with Crippen molar-refractivity contribution in [3.05, 3.63) is 23.8 Å². The van der Waals surface area contributed by atoms with Gasteiger partial charge in [-0.3, -0.25) is 9.63 Å². The summed E-state index contributed by atoms with van der Waals surface area (Å²) in [6, 6.07) is 5.67. The van der Waals surface area contributed by atoms with Crippen LogP contribution in [0.15, 0.2) is 18.2 Å². The monoisotopic (exact) mass is 323 g/mol. The SMILES string of the molecule is COCOc1ccc(OC)cc1C1CCCC1C(=O)N(C)OC. The van der Waals surface area contributed by atoms with Crippen LogP contribution in [0, 0.1) is 5.92 Å². The van der Waals surface area contributed by atoms with Crippen LogP contribution in [0.1, 0.15) is 30.7 Å². The van der Waals surface area contributed by atoms with E-state index in [9.17, 15) is 4.79 Å². The number of rotatable bonds is 7. The average Bonchev–Trinajstić information content (AvgIpc) is 3.07. The molecule has 0 radical (unpaired) electrons. The van der Waals surface area contributed by atoms with Gasteiger partial charge in [-0.25, -0.2) is 5.06 Å². The van der Waals surface area contributed by atoms with Crippen LogP contribution in [0.4, 0.5) is 0 Å². The smallest absolute Gasteiger partial charge is 0.249 e. The standard InChI is InChI=1S/C17H25NO5/c1-18(22-4)17(19)14-7-5-6-13(14)15-10-12(21-3)8-9-16(15)23-11-20-2/h8-10,13-14H,5-7,11H2,1-4H3. The maximum atomic E-state index is 12.5. The Morgan fingerprint density at radius 3 is 2.70 bits per heavy atom. The van der Waals surface area contributed by atoms with Crippen LogP contribution in [-0.2, 0) is 14.4 Å². The van der Waals surface area contributed by atoms with Crippen molar-refractivity contribution in [1.82, 2.24) is 5.06 Å². The number of amides is 1. The summed E-state index contributed by atoms with van der Waals surface area (Å²) in [6.07, 6.45) is 2.78. The largest absolute Gasteiger partial charge is 0.497 e. The summed E-state index contributed by atoms with van der Waals surface area (Å²) >= 11 is 0. The molecule has 0 saturated heterocycles. The number of nitrogens with zero attached hydrogens (tertiary/aromatic N) is 1. The molecule has 6 heteroatoms. The quantitative estimate of drug-likeness (QED) is 0.570. The van der Waals surface area contributed by atoms with Crippen molar-refractivity contribution in [1.29, 1.82) is 0 Å². The molecular formula is C17H25NO5. The normalized spacial score (nSPS) is 20.3. The molecule has 2 unspecified atom stereocenters. The van der Waals surface area contributed by atoms with E-state index in [1.165, 1.54) is 12.2 Å². The van der Waals surface area contributed by atoms with Crippen molar-refractivity contribution in [2.75, 3.05) is 35.2 Å². The van der Waals surface area contributed by atoms with Crippen LogP contribution in [-0.4, -0.2) is 46.1 Å². The van der Waals surface area contributed by atoms with Crippen LogP contribution in [0.5, 0.6) is 11.5 Å². The molecule has 1 aliphatic carbocycles. The molecule has 2 atom stereocenters. The Balaban J connectivity index is 2.31. The molecule has 0 aromatic heterocycles. The zero-order valence-corrected chi connectivity index (χ0v) is 14.2. The highest BCUT2D eigenvalue weighted by Gasteiger charge is 2.37. The number of hydroxylamine groups is 2. The Hall–Kier alpha value is -1.79. The molecular weight excluding hydrogens is 298 g/mol. The Morgan fingerprint density at radius 2 is 2.04 bits per heavy atom. The minimum Gasteiger partial charge on any atom is -0.497 e. The van der Waals surface area contributed by atoms with E-state index in [-0.39, 0.29) is 24.5 Å². The molecule has 1 saturated carbocycles. The van der Waals surface area contributed by atoms with Crippen molar-refractivity contribution in [3.63, 3.8) is 0 Å². The summed E-state index contributed by atoms with van der Waals surface area (Å²) in [6.45, 7) is 0.169. The highest BCUT2D eigenvalue weighted by Crippen LogP contribution is 2.45. The van der Waals surface area contributed by atoms with Gasteiger partial charge in [0.15, 0.2) is 6.79 Å². The predicted octanol–water partition coefficient (Wildman–Crippen LogP) is 2.58. The number of hydrogen-bond donors (Lipinski definition) is 0. The van der Waals surface area contributed by atoms with E-state index in [1.807, 2.05) is 18.2 Å². The van der Waals surface area contributed by atoms with Gasteiger partial charge in [-0.15, -0.1) is 0 Å². The highest BCUT2D eigenvalue weighted by atomic mass is 16.7. The van der Waals surface area contributed by atoms with Gasteiger partial charge in [0.25, 0.3) is 0 Å². The number of hydrogen-bond acceptors (Lipinski definition) is 5. The molecule has 0 spiro atoms. The second kappa shape index (κ2) is 8.17. The van der Waals surface area contributed by atoms with Crippen molar-refractivity contribution in [2.45, 2.75) is 25.2 Å². The van der Waals surface area contributed by atoms with E-state index < -0.39 is 0 Å². The maximum Gasteiger partial charge on any atom is 0.249 e. The van der Waals surface area contributed by atoms with Crippen LogP contribution < -0.4 is 9.47 Å². The van der Waals surface area contributed by atoms with Crippen LogP contribution in [0.3, 0.4) is 0 Å². The van der Waals surface area contributed by atoms with Gasteiger partial charge in [-0.1, -0.05) is 6.42 Å². The number of carbonyl (C=O) groups is 1. The molecule has 1 fully saturated rings. The molecule has 1 aromatic carbocycles. The lowest BCUT2D eigenvalue weighted by Crippen LogP contribution is -2.33. The Bertz CT molecular complexity index is 534. The second-order valence-corrected chi connectivity index (χ2v) is 5.62. The Morgan fingerprint density at radius 1 is 1.26 bits per heavy atom. The molecule has 0 bridgehead atoms. The van der Waals surface area contributed by atoms with Crippen LogP contribution in [0.2, 0.25) is 0 Å². The minimum absolute atomic E-state index is 0.00416. The maximum absolute atomic E-state index is 12.5. The molecule has 23 heavy (non-hydrogen) atoms. The molecule has 0 heterocycles. The van der Waals surface area contributed by atoms with Crippen molar-refractivity contribution in [2.24, 2.45) is 5.92 Å². The number of benzene rings is 1. The zero-order chi connectivity index (χ0) is 16.8. The van der Waals surface area contributed by atoms with Gasteiger partial charge in [0, 0.05) is 25.6 Å².